The summed E-state index contributed by atoms with van der Waals surface area (Å²) in [7, 11) is 0. The smallest absolute Gasteiger partial charge is 0.320 e. The van der Waals surface area contributed by atoms with E-state index in [9.17, 15) is 9.90 Å². The fourth-order valence-corrected chi connectivity index (χ4v) is 3.28. The molecule has 4 nitrogen and oxygen atoms in total. The van der Waals surface area contributed by atoms with Gasteiger partial charge in [0.05, 0.1) is 5.01 Å². The molecule has 124 valence electrons. The molecule has 0 spiro atoms. The van der Waals surface area contributed by atoms with Crippen molar-refractivity contribution >= 4 is 17.3 Å². The quantitative estimate of drug-likeness (QED) is 0.737. The molecule has 2 N–H and O–H groups in total. The molecule has 0 aliphatic rings. The summed E-state index contributed by atoms with van der Waals surface area (Å²) in [6.07, 6.45) is 4.39. The van der Waals surface area contributed by atoms with E-state index in [2.05, 4.69) is 22.4 Å². The number of aromatic nitrogens is 1. The molecular weight excluding hydrogens is 308 g/mol. The molecule has 0 saturated carbocycles. The molecule has 1 heterocycles. The van der Waals surface area contributed by atoms with Crippen LogP contribution >= 0.6 is 11.3 Å². The van der Waals surface area contributed by atoms with Crippen LogP contribution in [0.1, 0.15) is 35.7 Å². The van der Waals surface area contributed by atoms with Crippen molar-refractivity contribution in [3.63, 3.8) is 0 Å². The molecule has 0 bridgehead atoms. The third-order valence-corrected chi connectivity index (χ3v) is 4.66. The highest BCUT2D eigenvalue weighted by Crippen LogP contribution is 2.16. The van der Waals surface area contributed by atoms with E-state index in [0.29, 0.717) is 18.9 Å². The van der Waals surface area contributed by atoms with Gasteiger partial charge in [-0.15, -0.1) is 11.3 Å². The van der Waals surface area contributed by atoms with Gasteiger partial charge in [0, 0.05) is 24.0 Å². The number of thiazole rings is 1. The van der Waals surface area contributed by atoms with Crippen molar-refractivity contribution in [1.29, 1.82) is 0 Å². The number of carbonyl (C=O) groups is 1. The number of hydrogen-bond donors (Lipinski definition) is 2. The number of aliphatic carboxylic acids is 1. The summed E-state index contributed by atoms with van der Waals surface area (Å²) < 4.78 is 0. The summed E-state index contributed by atoms with van der Waals surface area (Å²) in [6, 6.07) is 9.87. The topological polar surface area (TPSA) is 62.2 Å². The summed E-state index contributed by atoms with van der Waals surface area (Å²) >= 11 is 1.66. The maximum Gasteiger partial charge on any atom is 0.320 e. The van der Waals surface area contributed by atoms with E-state index in [-0.39, 0.29) is 0 Å². The first kappa shape index (κ1) is 17.6. The van der Waals surface area contributed by atoms with E-state index in [1.165, 1.54) is 5.56 Å². The Hall–Kier alpha value is -1.72. The summed E-state index contributed by atoms with van der Waals surface area (Å²) in [5.74, 6) is -0.431. The van der Waals surface area contributed by atoms with Crippen molar-refractivity contribution in [2.24, 2.45) is 5.92 Å². The normalized spacial score (nSPS) is 12.5. The van der Waals surface area contributed by atoms with Crippen molar-refractivity contribution < 1.29 is 9.90 Å². The molecule has 0 radical (unpaired) electrons. The minimum absolute atomic E-state index is 0.353. The van der Waals surface area contributed by atoms with Crippen LogP contribution in [0.5, 0.6) is 0 Å². The van der Waals surface area contributed by atoms with E-state index in [1.54, 1.807) is 11.3 Å². The van der Waals surface area contributed by atoms with Crippen LogP contribution in [0.25, 0.3) is 0 Å². The number of benzene rings is 1. The number of carboxylic acid groups (broad SMARTS) is 1. The first-order valence-electron chi connectivity index (χ1n) is 7.98. The van der Waals surface area contributed by atoms with E-state index >= 15 is 0 Å². The van der Waals surface area contributed by atoms with Gasteiger partial charge < -0.3 is 5.11 Å². The van der Waals surface area contributed by atoms with E-state index < -0.39 is 12.0 Å². The van der Waals surface area contributed by atoms with Crippen LogP contribution in [0, 0.1) is 5.92 Å². The lowest BCUT2D eigenvalue weighted by Crippen LogP contribution is -2.37. The largest absolute Gasteiger partial charge is 0.480 e. The molecule has 1 aromatic carbocycles. The number of carboxylic acids is 1. The monoisotopic (exact) mass is 332 g/mol. The molecule has 1 atom stereocenters. The van der Waals surface area contributed by atoms with Gasteiger partial charge in [0.15, 0.2) is 0 Å². The number of nitrogens with zero attached hydrogens (tertiary/aromatic N) is 1. The Morgan fingerprint density at radius 2 is 2.00 bits per heavy atom. The third kappa shape index (κ3) is 6.12. The predicted octanol–water partition coefficient (Wildman–Crippen LogP) is 3.52. The summed E-state index contributed by atoms with van der Waals surface area (Å²) in [5.41, 5.74) is 1.31. The zero-order chi connectivity index (χ0) is 16.7. The molecular formula is C18H24N2O2S. The second kappa shape index (κ2) is 8.79. The average molecular weight is 332 g/mol. The van der Waals surface area contributed by atoms with Gasteiger partial charge in [-0.3, -0.25) is 10.1 Å². The molecule has 2 rings (SSSR count). The lowest BCUT2D eigenvalue weighted by molar-refractivity contribution is -0.140. The second-order valence-electron chi connectivity index (χ2n) is 6.11. The van der Waals surface area contributed by atoms with E-state index in [4.69, 9.17) is 0 Å². The van der Waals surface area contributed by atoms with Gasteiger partial charge in [0.2, 0.25) is 0 Å². The predicted molar refractivity (Wildman–Crippen MR) is 93.7 cm³/mol. The van der Waals surface area contributed by atoms with E-state index in [1.807, 2.05) is 38.2 Å². The highest BCUT2D eigenvalue weighted by Gasteiger charge is 2.18. The van der Waals surface area contributed by atoms with Gasteiger partial charge in [-0.2, -0.15) is 0 Å². The van der Waals surface area contributed by atoms with Gasteiger partial charge in [-0.05, 0) is 24.3 Å². The van der Waals surface area contributed by atoms with Gasteiger partial charge in [-0.1, -0.05) is 44.2 Å². The molecule has 0 amide bonds. The maximum absolute atomic E-state index is 11.2. The van der Waals surface area contributed by atoms with Crippen molar-refractivity contribution in [1.82, 2.24) is 10.3 Å². The molecule has 1 unspecified atom stereocenters. The van der Waals surface area contributed by atoms with Crippen LogP contribution in [0.3, 0.4) is 0 Å². The number of aryl methyl sites for hydroxylation is 2. The summed E-state index contributed by atoms with van der Waals surface area (Å²) in [5, 5.41) is 13.5. The molecule has 0 aliphatic heterocycles. The highest BCUT2D eigenvalue weighted by molar-refractivity contribution is 7.11. The van der Waals surface area contributed by atoms with Crippen molar-refractivity contribution in [3.05, 3.63) is 52.0 Å². The highest BCUT2D eigenvalue weighted by atomic mass is 32.1. The third-order valence-electron chi connectivity index (χ3n) is 3.60. The first-order chi connectivity index (χ1) is 11.0. The Morgan fingerprint density at radius 3 is 2.65 bits per heavy atom. The van der Waals surface area contributed by atoms with Crippen LogP contribution in [0.2, 0.25) is 0 Å². The Balaban J connectivity index is 1.83. The zero-order valence-corrected chi connectivity index (χ0v) is 14.5. The first-order valence-corrected chi connectivity index (χ1v) is 8.80. The molecule has 0 fully saturated rings. The van der Waals surface area contributed by atoms with Gasteiger partial charge in [-0.25, -0.2) is 4.98 Å². The van der Waals surface area contributed by atoms with Crippen molar-refractivity contribution in [2.75, 3.05) is 0 Å². The van der Waals surface area contributed by atoms with Crippen LogP contribution in [0.15, 0.2) is 36.5 Å². The van der Waals surface area contributed by atoms with Crippen LogP contribution < -0.4 is 5.32 Å². The lowest BCUT2D eigenvalue weighted by Gasteiger charge is -2.15. The Kier molecular flexibility index (Phi) is 6.74. The fourth-order valence-electron chi connectivity index (χ4n) is 2.41. The Labute approximate surface area is 141 Å². The van der Waals surface area contributed by atoms with Gasteiger partial charge in [0.25, 0.3) is 0 Å². The van der Waals surface area contributed by atoms with Gasteiger partial charge in [0.1, 0.15) is 6.04 Å². The standard InChI is InChI=1S/C18H24N2O2S/c1-13(2)10-16(18(21)22)19-11-15-12-20-17(23-15)9-8-14-6-4-3-5-7-14/h3-7,12-13,16,19H,8-11H2,1-2H3,(H,21,22). The zero-order valence-electron chi connectivity index (χ0n) is 13.7. The molecule has 0 aliphatic carbocycles. The molecule has 23 heavy (non-hydrogen) atoms. The average Bonchev–Trinajstić information content (AvgIpc) is 2.98. The van der Waals surface area contributed by atoms with Crippen molar-refractivity contribution in [2.45, 2.75) is 45.7 Å². The summed E-state index contributed by atoms with van der Waals surface area (Å²) in [4.78, 5) is 16.8. The SMILES string of the molecule is CC(C)CC(NCc1cnc(CCc2ccccc2)s1)C(=O)O. The number of hydrogen-bond acceptors (Lipinski definition) is 4. The van der Waals surface area contributed by atoms with Crippen LogP contribution in [0.4, 0.5) is 0 Å². The molecule has 5 heteroatoms. The van der Waals surface area contributed by atoms with E-state index in [0.717, 1.165) is 22.7 Å². The summed E-state index contributed by atoms with van der Waals surface area (Å²) in [6.45, 7) is 4.63. The minimum Gasteiger partial charge on any atom is -0.480 e. The number of rotatable bonds is 9. The molecule has 2 aromatic rings. The maximum atomic E-state index is 11.2. The molecule has 0 saturated heterocycles. The minimum atomic E-state index is -0.785. The Morgan fingerprint density at radius 1 is 1.26 bits per heavy atom. The lowest BCUT2D eigenvalue weighted by atomic mass is 10.0. The Bertz CT molecular complexity index is 610. The van der Waals surface area contributed by atoms with Gasteiger partial charge >= 0.3 is 5.97 Å². The fraction of sp³-hybridized carbons (Fsp3) is 0.444. The molecule has 1 aromatic heterocycles. The van der Waals surface area contributed by atoms with Crippen LogP contribution in [-0.4, -0.2) is 22.1 Å². The number of nitrogens with one attached hydrogen (secondary N) is 1. The van der Waals surface area contributed by atoms with Crippen LogP contribution in [-0.2, 0) is 24.2 Å². The van der Waals surface area contributed by atoms with Crippen molar-refractivity contribution in [3.8, 4) is 0 Å². The second-order valence-corrected chi connectivity index (χ2v) is 7.31.